The van der Waals surface area contributed by atoms with Crippen LogP contribution in [0.15, 0.2) is 16.3 Å². The molecule has 0 spiro atoms. The van der Waals surface area contributed by atoms with Crippen LogP contribution in [0.4, 0.5) is 0 Å². The van der Waals surface area contributed by atoms with Crippen LogP contribution < -0.4 is 5.73 Å². The Morgan fingerprint density at radius 3 is 2.76 bits per heavy atom. The monoisotopic (exact) mass is 294 g/mol. The molecule has 1 aromatic heterocycles. The van der Waals surface area contributed by atoms with E-state index in [1.165, 1.54) is 4.31 Å². The van der Waals surface area contributed by atoms with Crippen LogP contribution in [-0.2, 0) is 10.0 Å². The van der Waals surface area contributed by atoms with Crippen LogP contribution in [0.5, 0.6) is 0 Å². The summed E-state index contributed by atoms with van der Waals surface area (Å²) in [7, 11) is -3.40. The third-order valence-electron chi connectivity index (χ3n) is 2.97. The number of piperidine rings is 1. The second-order valence-electron chi connectivity index (χ2n) is 4.31. The van der Waals surface area contributed by atoms with Crippen LogP contribution >= 0.6 is 22.9 Å². The van der Waals surface area contributed by atoms with Gasteiger partial charge in [0.25, 0.3) is 10.0 Å². The minimum Gasteiger partial charge on any atom is -0.328 e. The zero-order chi connectivity index (χ0) is 12.6. The number of sulfonamides is 1. The quantitative estimate of drug-likeness (QED) is 0.906. The van der Waals surface area contributed by atoms with Gasteiger partial charge in [-0.3, -0.25) is 0 Å². The van der Waals surface area contributed by atoms with Crippen molar-refractivity contribution in [1.29, 1.82) is 0 Å². The smallest absolute Gasteiger partial charge is 0.252 e. The number of hydrogen-bond acceptors (Lipinski definition) is 4. The van der Waals surface area contributed by atoms with Gasteiger partial charge in [0.2, 0.25) is 0 Å². The molecule has 1 aromatic rings. The van der Waals surface area contributed by atoms with Gasteiger partial charge >= 0.3 is 0 Å². The van der Waals surface area contributed by atoms with Crippen LogP contribution in [0, 0.1) is 0 Å². The molecule has 2 N–H and O–H groups in total. The summed E-state index contributed by atoms with van der Waals surface area (Å²) in [6.07, 6.45) is 1.42. The largest absolute Gasteiger partial charge is 0.328 e. The van der Waals surface area contributed by atoms with Crippen molar-refractivity contribution in [3.63, 3.8) is 0 Å². The van der Waals surface area contributed by atoms with Crippen LogP contribution in [0.2, 0.25) is 4.34 Å². The Labute approximate surface area is 110 Å². The maximum Gasteiger partial charge on any atom is 0.252 e. The van der Waals surface area contributed by atoms with Crippen molar-refractivity contribution in [2.24, 2.45) is 5.73 Å². The molecule has 1 fully saturated rings. The normalized spacial score (nSPS) is 27.2. The van der Waals surface area contributed by atoms with E-state index >= 15 is 0 Å². The molecule has 0 aromatic carbocycles. The first kappa shape index (κ1) is 13.3. The third kappa shape index (κ3) is 2.66. The number of rotatable bonds is 2. The fraction of sp³-hybridized carbons (Fsp3) is 0.600. The summed E-state index contributed by atoms with van der Waals surface area (Å²) >= 11 is 6.88. The van der Waals surface area contributed by atoms with Crippen LogP contribution in [0.1, 0.15) is 19.8 Å². The van der Waals surface area contributed by atoms with E-state index in [-0.39, 0.29) is 12.1 Å². The standard InChI is InChI=1S/C10H15ClN2O2S2/c1-7-6-8(12)4-5-13(7)17(14,15)10-3-2-9(11)16-10/h2-3,7-8H,4-6,12H2,1H3/t7-,8+/m1/s1. The molecule has 2 heterocycles. The number of thiophene rings is 1. The van der Waals surface area contributed by atoms with E-state index in [0.717, 1.165) is 11.3 Å². The Balaban J connectivity index is 2.27. The summed E-state index contributed by atoms with van der Waals surface area (Å²) in [5.74, 6) is 0. The average Bonchev–Trinajstić information content (AvgIpc) is 2.64. The lowest BCUT2D eigenvalue weighted by atomic mass is 10.0. The van der Waals surface area contributed by atoms with Crippen LogP contribution in [-0.4, -0.2) is 31.4 Å². The molecule has 96 valence electrons. The summed E-state index contributed by atoms with van der Waals surface area (Å²) in [5.41, 5.74) is 5.83. The first-order chi connectivity index (χ1) is 7.91. The van der Waals surface area contributed by atoms with Gasteiger partial charge in [-0.15, -0.1) is 11.3 Å². The maximum atomic E-state index is 12.4. The van der Waals surface area contributed by atoms with Gasteiger partial charge in [-0.1, -0.05) is 11.6 Å². The van der Waals surface area contributed by atoms with Crippen molar-refractivity contribution in [2.75, 3.05) is 6.54 Å². The molecular formula is C10H15ClN2O2S2. The van der Waals surface area contributed by atoms with E-state index in [0.29, 0.717) is 27.9 Å². The SMILES string of the molecule is C[C@@H]1C[C@@H](N)CCN1S(=O)(=O)c1ccc(Cl)s1. The fourth-order valence-corrected chi connectivity index (χ4v) is 5.36. The van der Waals surface area contributed by atoms with Crippen molar-refractivity contribution < 1.29 is 8.42 Å². The molecule has 0 saturated carbocycles. The van der Waals surface area contributed by atoms with Gasteiger partial charge in [0.1, 0.15) is 4.21 Å². The van der Waals surface area contributed by atoms with Crippen molar-refractivity contribution in [3.8, 4) is 0 Å². The van der Waals surface area contributed by atoms with Crippen molar-refractivity contribution >= 4 is 33.0 Å². The van der Waals surface area contributed by atoms with E-state index in [9.17, 15) is 8.42 Å². The van der Waals surface area contributed by atoms with E-state index < -0.39 is 10.0 Å². The van der Waals surface area contributed by atoms with Gasteiger partial charge in [0.15, 0.2) is 0 Å². The molecule has 1 aliphatic heterocycles. The second-order valence-corrected chi connectivity index (χ2v) is 8.14. The van der Waals surface area contributed by atoms with Gasteiger partial charge in [0.05, 0.1) is 4.34 Å². The summed E-state index contributed by atoms with van der Waals surface area (Å²) < 4.78 is 27.0. The zero-order valence-corrected chi connectivity index (χ0v) is 11.9. The Bertz CT molecular complexity index is 500. The highest BCUT2D eigenvalue weighted by atomic mass is 35.5. The summed E-state index contributed by atoms with van der Waals surface area (Å²) in [6.45, 7) is 2.38. The third-order valence-corrected chi connectivity index (χ3v) is 6.68. The lowest BCUT2D eigenvalue weighted by Crippen LogP contribution is -2.48. The molecule has 1 aliphatic rings. The summed E-state index contributed by atoms with van der Waals surface area (Å²) in [4.78, 5) is 0. The van der Waals surface area contributed by atoms with Gasteiger partial charge in [-0.05, 0) is 31.9 Å². The van der Waals surface area contributed by atoms with E-state index in [1.807, 2.05) is 6.92 Å². The molecule has 0 amide bonds. The highest BCUT2D eigenvalue weighted by Crippen LogP contribution is 2.31. The molecule has 1 saturated heterocycles. The Morgan fingerprint density at radius 1 is 1.53 bits per heavy atom. The van der Waals surface area contributed by atoms with E-state index in [1.54, 1.807) is 12.1 Å². The van der Waals surface area contributed by atoms with Crippen molar-refractivity contribution in [2.45, 2.75) is 36.1 Å². The minimum absolute atomic E-state index is 0.0513. The summed E-state index contributed by atoms with van der Waals surface area (Å²) in [5, 5.41) is 0. The molecule has 0 aliphatic carbocycles. The summed E-state index contributed by atoms with van der Waals surface area (Å²) in [6, 6.07) is 3.22. The molecular weight excluding hydrogens is 280 g/mol. The molecule has 17 heavy (non-hydrogen) atoms. The van der Waals surface area contributed by atoms with Gasteiger partial charge in [-0.2, -0.15) is 4.31 Å². The second kappa shape index (κ2) is 4.85. The number of halogens is 1. The fourth-order valence-electron chi connectivity index (χ4n) is 2.10. The minimum atomic E-state index is -3.40. The maximum absolute atomic E-state index is 12.4. The van der Waals surface area contributed by atoms with Crippen molar-refractivity contribution in [3.05, 3.63) is 16.5 Å². The lowest BCUT2D eigenvalue weighted by molar-refractivity contribution is 0.247. The van der Waals surface area contributed by atoms with Gasteiger partial charge in [-0.25, -0.2) is 8.42 Å². The topological polar surface area (TPSA) is 63.4 Å². The lowest BCUT2D eigenvalue weighted by Gasteiger charge is -2.34. The molecule has 7 heteroatoms. The predicted octanol–water partition coefficient (Wildman–Crippen LogP) is 1.90. The van der Waals surface area contributed by atoms with E-state index in [2.05, 4.69) is 0 Å². The Kier molecular flexibility index (Phi) is 3.80. The first-order valence-electron chi connectivity index (χ1n) is 5.44. The molecule has 0 radical (unpaired) electrons. The van der Waals surface area contributed by atoms with E-state index in [4.69, 9.17) is 17.3 Å². The number of nitrogens with zero attached hydrogens (tertiary/aromatic N) is 1. The molecule has 0 bridgehead atoms. The highest BCUT2D eigenvalue weighted by molar-refractivity contribution is 7.91. The average molecular weight is 295 g/mol. The van der Waals surface area contributed by atoms with Crippen LogP contribution in [0.3, 0.4) is 0 Å². The molecule has 0 unspecified atom stereocenters. The first-order valence-corrected chi connectivity index (χ1v) is 8.07. The highest BCUT2D eigenvalue weighted by Gasteiger charge is 2.34. The van der Waals surface area contributed by atoms with Gasteiger partial charge in [0, 0.05) is 18.6 Å². The Morgan fingerprint density at radius 2 is 2.24 bits per heavy atom. The Hall–Kier alpha value is -0.140. The number of nitrogens with two attached hydrogens (primary N) is 1. The molecule has 2 rings (SSSR count). The molecule has 2 atom stereocenters. The van der Waals surface area contributed by atoms with Crippen LogP contribution in [0.25, 0.3) is 0 Å². The predicted molar refractivity (Wildman–Crippen MR) is 69.9 cm³/mol. The number of hydrogen-bond donors (Lipinski definition) is 1. The van der Waals surface area contributed by atoms with Crippen molar-refractivity contribution in [1.82, 2.24) is 4.31 Å². The molecule has 4 nitrogen and oxygen atoms in total. The zero-order valence-electron chi connectivity index (χ0n) is 9.47. The van der Waals surface area contributed by atoms with Gasteiger partial charge < -0.3 is 5.73 Å².